The molecular weight excluding hydrogens is 321 g/mol. The second-order valence-corrected chi connectivity index (χ2v) is 5.99. The lowest BCUT2D eigenvalue weighted by atomic mass is 10.1. The largest absolute Gasteiger partial charge is 0.467 e. The first-order valence-electron chi connectivity index (χ1n) is 7.04. The molecule has 2 aromatic rings. The van der Waals surface area contributed by atoms with E-state index in [-0.39, 0.29) is 11.3 Å². The summed E-state index contributed by atoms with van der Waals surface area (Å²) in [6.07, 6.45) is 2.34. The maximum absolute atomic E-state index is 13.8. The van der Waals surface area contributed by atoms with E-state index in [2.05, 4.69) is 5.32 Å². The Bertz CT molecular complexity index is 728. The van der Waals surface area contributed by atoms with Gasteiger partial charge in [-0.3, -0.25) is 4.79 Å². The number of para-hydroxylation sites is 1. The van der Waals surface area contributed by atoms with Crippen LogP contribution >= 0.6 is 11.8 Å². The Morgan fingerprint density at radius 2 is 2.17 bits per heavy atom. The molecule has 1 aromatic heterocycles. The molecule has 0 radical (unpaired) electrons. The predicted octanol–water partition coefficient (Wildman–Crippen LogP) is 2.90. The van der Waals surface area contributed by atoms with E-state index in [1.807, 2.05) is 6.26 Å². The van der Waals surface area contributed by atoms with Gasteiger partial charge in [0, 0.05) is 10.9 Å². The summed E-state index contributed by atoms with van der Waals surface area (Å²) >= 11 is 1.56. The normalized spacial score (nSPS) is 12.2. The number of esters is 1. The predicted molar refractivity (Wildman–Crippen MR) is 87.2 cm³/mol. The second kappa shape index (κ2) is 7.50. The number of benzene rings is 1. The van der Waals surface area contributed by atoms with Crippen molar-refractivity contribution in [2.24, 2.45) is 0 Å². The molecule has 0 aliphatic carbocycles. The molecule has 0 unspecified atom stereocenters. The molecule has 1 heterocycles. The van der Waals surface area contributed by atoms with Gasteiger partial charge >= 0.3 is 5.97 Å². The summed E-state index contributed by atoms with van der Waals surface area (Å²) in [5, 5.41) is 3.13. The van der Waals surface area contributed by atoms with Gasteiger partial charge in [-0.05, 0) is 31.4 Å². The van der Waals surface area contributed by atoms with Crippen LogP contribution in [-0.4, -0.2) is 37.0 Å². The number of carbonyl (C=O) groups excluding carboxylic acids is 2. The van der Waals surface area contributed by atoms with Crippen molar-refractivity contribution in [3.8, 4) is 0 Å². The summed E-state index contributed by atoms with van der Waals surface area (Å²) in [6.45, 7) is 1.68. The fourth-order valence-electron chi connectivity index (χ4n) is 2.28. The van der Waals surface area contributed by atoms with Crippen LogP contribution in [0.25, 0.3) is 11.0 Å². The lowest BCUT2D eigenvalue weighted by molar-refractivity contribution is -0.142. The van der Waals surface area contributed by atoms with Crippen LogP contribution in [0.3, 0.4) is 0 Å². The van der Waals surface area contributed by atoms with Crippen molar-refractivity contribution in [2.45, 2.75) is 19.4 Å². The molecule has 0 saturated heterocycles. The molecule has 23 heavy (non-hydrogen) atoms. The number of ether oxygens (including phenoxy) is 1. The molecule has 0 aliphatic rings. The number of rotatable bonds is 6. The van der Waals surface area contributed by atoms with Gasteiger partial charge in [0.1, 0.15) is 6.04 Å². The van der Waals surface area contributed by atoms with Gasteiger partial charge in [-0.2, -0.15) is 11.8 Å². The van der Waals surface area contributed by atoms with E-state index >= 15 is 0 Å². The standard InChI is InChI=1S/C16H18FNO4S/c1-9-10-5-4-6-11(17)14(10)22-13(9)15(19)18-12(7-8-23-3)16(20)21-2/h4-6,12H,7-8H2,1-3H3,(H,18,19)/t12-/m1/s1. The highest BCUT2D eigenvalue weighted by Crippen LogP contribution is 2.27. The minimum atomic E-state index is -0.766. The molecule has 7 heteroatoms. The number of halogens is 1. The summed E-state index contributed by atoms with van der Waals surface area (Å²) in [5.74, 6) is -0.921. The highest BCUT2D eigenvalue weighted by molar-refractivity contribution is 7.98. The number of carbonyl (C=O) groups is 2. The van der Waals surface area contributed by atoms with Crippen LogP contribution in [0, 0.1) is 12.7 Å². The Labute approximate surface area is 137 Å². The van der Waals surface area contributed by atoms with Gasteiger partial charge in [-0.1, -0.05) is 12.1 Å². The third-order valence-electron chi connectivity index (χ3n) is 3.52. The zero-order valence-corrected chi connectivity index (χ0v) is 14.0. The van der Waals surface area contributed by atoms with E-state index in [0.29, 0.717) is 23.1 Å². The Morgan fingerprint density at radius 1 is 1.43 bits per heavy atom. The first-order chi connectivity index (χ1) is 11.0. The maximum Gasteiger partial charge on any atom is 0.328 e. The van der Waals surface area contributed by atoms with E-state index in [1.54, 1.807) is 30.8 Å². The van der Waals surface area contributed by atoms with Crippen molar-refractivity contribution in [3.63, 3.8) is 0 Å². The van der Waals surface area contributed by atoms with Gasteiger partial charge in [0.25, 0.3) is 5.91 Å². The molecule has 1 atom stereocenters. The number of furan rings is 1. The topological polar surface area (TPSA) is 68.5 Å². The fourth-order valence-corrected chi connectivity index (χ4v) is 2.75. The maximum atomic E-state index is 13.8. The SMILES string of the molecule is COC(=O)[C@@H](CCSC)NC(=O)c1oc2c(F)cccc2c1C. The van der Waals surface area contributed by atoms with E-state index in [4.69, 9.17) is 9.15 Å². The average molecular weight is 339 g/mol. The van der Waals surface area contributed by atoms with Crippen molar-refractivity contribution in [2.75, 3.05) is 19.1 Å². The van der Waals surface area contributed by atoms with Crippen molar-refractivity contribution in [3.05, 3.63) is 35.3 Å². The number of fused-ring (bicyclic) bond motifs is 1. The fraction of sp³-hybridized carbons (Fsp3) is 0.375. The Balaban J connectivity index is 2.27. The van der Waals surface area contributed by atoms with Gasteiger partial charge in [-0.25, -0.2) is 9.18 Å². The number of thioether (sulfide) groups is 1. The van der Waals surface area contributed by atoms with Crippen LogP contribution in [0.15, 0.2) is 22.6 Å². The number of amides is 1. The van der Waals surface area contributed by atoms with Crippen molar-refractivity contribution in [1.82, 2.24) is 5.32 Å². The number of hydrogen-bond acceptors (Lipinski definition) is 5. The lowest BCUT2D eigenvalue weighted by Crippen LogP contribution is -2.42. The molecule has 124 valence electrons. The number of nitrogens with one attached hydrogen (secondary N) is 1. The van der Waals surface area contributed by atoms with Crippen molar-refractivity contribution >= 4 is 34.6 Å². The highest BCUT2D eigenvalue weighted by atomic mass is 32.2. The van der Waals surface area contributed by atoms with Gasteiger partial charge in [-0.15, -0.1) is 0 Å². The molecule has 1 N–H and O–H groups in total. The Hall–Kier alpha value is -2.02. The van der Waals surface area contributed by atoms with E-state index in [9.17, 15) is 14.0 Å². The van der Waals surface area contributed by atoms with Crippen LogP contribution in [0.1, 0.15) is 22.5 Å². The van der Waals surface area contributed by atoms with Crippen molar-refractivity contribution in [1.29, 1.82) is 0 Å². The average Bonchev–Trinajstić information content (AvgIpc) is 2.89. The number of aryl methyl sites for hydroxylation is 1. The molecular formula is C16H18FNO4S. The molecule has 0 saturated carbocycles. The first-order valence-corrected chi connectivity index (χ1v) is 8.44. The molecule has 0 bridgehead atoms. The third-order valence-corrected chi connectivity index (χ3v) is 4.17. The van der Waals surface area contributed by atoms with E-state index in [0.717, 1.165) is 0 Å². The summed E-state index contributed by atoms with van der Waals surface area (Å²) in [7, 11) is 1.27. The molecule has 1 aromatic carbocycles. The van der Waals surface area contributed by atoms with Gasteiger partial charge in [0.2, 0.25) is 0 Å². The molecule has 1 amide bonds. The van der Waals surface area contributed by atoms with Gasteiger partial charge < -0.3 is 14.5 Å². The summed E-state index contributed by atoms with van der Waals surface area (Å²) in [5.41, 5.74) is 0.569. The first kappa shape index (κ1) is 17.3. The number of methoxy groups -OCH3 is 1. The molecule has 0 spiro atoms. The van der Waals surface area contributed by atoms with Crippen LogP contribution < -0.4 is 5.32 Å². The minimum absolute atomic E-state index is 0.00292. The highest BCUT2D eigenvalue weighted by Gasteiger charge is 2.25. The summed E-state index contributed by atoms with van der Waals surface area (Å²) in [6, 6.07) is 3.73. The Morgan fingerprint density at radius 3 is 2.78 bits per heavy atom. The quantitative estimate of drug-likeness (QED) is 0.820. The van der Waals surface area contributed by atoms with Crippen molar-refractivity contribution < 1.29 is 23.1 Å². The second-order valence-electron chi connectivity index (χ2n) is 5.00. The number of hydrogen-bond donors (Lipinski definition) is 1. The zero-order chi connectivity index (χ0) is 17.0. The monoisotopic (exact) mass is 339 g/mol. The molecule has 2 rings (SSSR count). The van der Waals surface area contributed by atoms with Crippen LogP contribution in [-0.2, 0) is 9.53 Å². The minimum Gasteiger partial charge on any atom is -0.467 e. The zero-order valence-electron chi connectivity index (χ0n) is 13.1. The molecule has 0 aliphatic heterocycles. The van der Waals surface area contributed by atoms with Gasteiger partial charge in [0.05, 0.1) is 7.11 Å². The smallest absolute Gasteiger partial charge is 0.328 e. The summed E-state index contributed by atoms with van der Waals surface area (Å²) < 4.78 is 23.8. The third kappa shape index (κ3) is 3.67. The van der Waals surface area contributed by atoms with Gasteiger partial charge in [0.15, 0.2) is 17.2 Å². The molecule has 0 fully saturated rings. The summed E-state index contributed by atoms with van der Waals surface area (Å²) in [4.78, 5) is 24.2. The van der Waals surface area contributed by atoms with E-state index in [1.165, 1.54) is 13.2 Å². The van der Waals surface area contributed by atoms with Crippen LogP contribution in [0.2, 0.25) is 0 Å². The van der Waals surface area contributed by atoms with Crippen LogP contribution in [0.5, 0.6) is 0 Å². The lowest BCUT2D eigenvalue weighted by Gasteiger charge is -2.15. The van der Waals surface area contributed by atoms with Crippen LogP contribution in [0.4, 0.5) is 4.39 Å². The van der Waals surface area contributed by atoms with E-state index < -0.39 is 23.7 Å². The Kier molecular flexibility index (Phi) is 5.65. The molecule has 5 nitrogen and oxygen atoms in total.